The number of carbonyl (C=O) groups is 1. The van der Waals surface area contributed by atoms with E-state index in [1.165, 1.54) is 0 Å². The van der Waals surface area contributed by atoms with Gasteiger partial charge in [-0.2, -0.15) is 0 Å². The third-order valence-electron chi connectivity index (χ3n) is 4.87. The van der Waals surface area contributed by atoms with Crippen LogP contribution in [0.2, 0.25) is 0 Å². The Hall–Kier alpha value is -2.52. The molecule has 1 aromatic heterocycles. The third kappa shape index (κ3) is 7.24. The van der Waals surface area contributed by atoms with Crippen molar-refractivity contribution >= 4 is 12.2 Å². The fourth-order valence-electron chi connectivity index (χ4n) is 3.20. The Morgan fingerprint density at radius 3 is 2.57 bits per heavy atom. The van der Waals surface area contributed by atoms with E-state index >= 15 is 0 Å². The van der Waals surface area contributed by atoms with Crippen LogP contribution < -0.4 is 0 Å². The summed E-state index contributed by atoms with van der Waals surface area (Å²) in [6.07, 6.45) is 10.6. The lowest BCUT2D eigenvalue weighted by Crippen LogP contribution is -2.42. The molecule has 0 saturated carbocycles. The maximum absolute atomic E-state index is 12.2. The van der Waals surface area contributed by atoms with Crippen LogP contribution in [0.15, 0.2) is 48.6 Å². The molecule has 1 aliphatic heterocycles. The molecule has 1 aliphatic rings. The van der Waals surface area contributed by atoms with Crippen LogP contribution in [-0.2, 0) is 4.74 Å². The van der Waals surface area contributed by atoms with E-state index in [1.54, 1.807) is 12.4 Å². The molecule has 5 heteroatoms. The summed E-state index contributed by atoms with van der Waals surface area (Å²) in [5, 5.41) is 0. The lowest BCUT2D eigenvalue weighted by atomic mass is 9.93. The lowest BCUT2D eigenvalue weighted by Gasteiger charge is -2.34. The van der Waals surface area contributed by atoms with Crippen molar-refractivity contribution in [1.82, 2.24) is 14.8 Å². The number of hydrogen-bond acceptors (Lipinski definition) is 4. The highest BCUT2D eigenvalue weighted by Crippen LogP contribution is 2.23. The number of piperidine rings is 1. The lowest BCUT2D eigenvalue weighted by molar-refractivity contribution is 0.0179. The molecule has 0 atom stereocenters. The zero-order chi connectivity index (χ0) is 20.6. The van der Waals surface area contributed by atoms with Crippen LogP contribution in [0.3, 0.4) is 0 Å². The highest BCUT2D eigenvalue weighted by atomic mass is 16.6. The van der Waals surface area contributed by atoms with Crippen molar-refractivity contribution in [2.75, 3.05) is 26.7 Å². The molecule has 2 heterocycles. The highest BCUT2D eigenvalue weighted by molar-refractivity contribution is 5.68. The maximum atomic E-state index is 12.2. The van der Waals surface area contributed by atoms with E-state index in [9.17, 15) is 4.79 Å². The first-order valence-electron chi connectivity index (χ1n) is 9.95. The standard InChI is InChI=1S/C23H33N3O2/c1-6-21(8-7-19-9-14-24-15-10-19)25(5)16-11-20-12-17-26(18-13-20)22(27)28-23(2,3)4/h7-10,14-15,20H,1,11-13,16-18H2,2-5H3/b8-7+. The Balaban J connectivity index is 1.77. The van der Waals surface area contributed by atoms with E-state index < -0.39 is 5.60 Å². The highest BCUT2D eigenvalue weighted by Gasteiger charge is 2.26. The fraction of sp³-hybridized carbons (Fsp3) is 0.522. The van der Waals surface area contributed by atoms with Crippen molar-refractivity contribution in [1.29, 1.82) is 0 Å². The molecule has 2 rings (SSSR count). The average Bonchev–Trinajstić information content (AvgIpc) is 2.66. The number of likely N-dealkylation sites (N-methyl/N-ethyl adjacent to an activating group) is 1. The van der Waals surface area contributed by atoms with Gasteiger partial charge < -0.3 is 14.5 Å². The first-order valence-corrected chi connectivity index (χ1v) is 9.95. The topological polar surface area (TPSA) is 45.7 Å². The van der Waals surface area contributed by atoms with Crippen LogP contribution >= 0.6 is 0 Å². The Bertz CT molecular complexity index is 707. The van der Waals surface area contributed by atoms with E-state index in [2.05, 4.69) is 29.2 Å². The van der Waals surface area contributed by atoms with Crippen molar-refractivity contribution < 1.29 is 9.53 Å². The number of ether oxygens (including phenoxy) is 1. The normalized spacial score (nSPS) is 15.4. The molecule has 0 N–H and O–H groups in total. The number of rotatable bonds is 6. The van der Waals surface area contributed by atoms with Crippen molar-refractivity contribution in [2.24, 2.45) is 5.92 Å². The molecule has 1 fully saturated rings. The van der Waals surface area contributed by atoms with Crippen LogP contribution in [0, 0.1) is 5.92 Å². The minimum atomic E-state index is -0.437. The fourth-order valence-corrected chi connectivity index (χ4v) is 3.20. The van der Waals surface area contributed by atoms with E-state index in [4.69, 9.17) is 4.74 Å². The molecule has 0 aromatic carbocycles. The van der Waals surface area contributed by atoms with Crippen LogP contribution in [0.25, 0.3) is 6.08 Å². The zero-order valence-corrected chi connectivity index (χ0v) is 17.6. The molecule has 1 amide bonds. The molecule has 0 aliphatic carbocycles. The van der Waals surface area contributed by atoms with Gasteiger partial charge in [0.15, 0.2) is 0 Å². The first-order chi connectivity index (χ1) is 13.3. The van der Waals surface area contributed by atoms with Crippen molar-refractivity contribution in [3.63, 3.8) is 0 Å². The second kappa shape index (κ2) is 10.1. The second-order valence-electron chi connectivity index (χ2n) is 8.30. The second-order valence-corrected chi connectivity index (χ2v) is 8.30. The number of carbonyl (C=O) groups excluding carboxylic acids is 1. The Labute approximate surface area is 169 Å². The summed E-state index contributed by atoms with van der Waals surface area (Å²) < 4.78 is 5.47. The van der Waals surface area contributed by atoms with Gasteiger partial charge in [0.25, 0.3) is 0 Å². The number of likely N-dealkylation sites (tertiary alicyclic amines) is 1. The molecule has 152 valence electrons. The molecule has 0 unspecified atom stereocenters. The van der Waals surface area contributed by atoms with Gasteiger partial charge in [0, 0.05) is 39.1 Å². The quantitative estimate of drug-likeness (QED) is 0.526. The number of amides is 1. The first kappa shape index (κ1) is 21.8. The molecule has 28 heavy (non-hydrogen) atoms. The SMILES string of the molecule is C=C=C(/C=C/c1ccncc1)N(C)CCC1CCN(C(=O)OC(C)(C)C)CC1. The zero-order valence-electron chi connectivity index (χ0n) is 17.6. The largest absolute Gasteiger partial charge is 0.444 e. The predicted octanol–water partition coefficient (Wildman–Crippen LogP) is 4.73. The van der Waals surface area contributed by atoms with Crippen LogP contribution in [0.5, 0.6) is 0 Å². The maximum Gasteiger partial charge on any atom is 0.410 e. The number of aromatic nitrogens is 1. The minimum absolute atomic E-state index is 0.193. The van der Waals surface area contributed by atoms with E-state index in [1.807, 2.05) is 50.0 Å². The molecule has 0 radical (unpaired) electrons. The summed E-state index contributed by atoms with van der Waals surface area (Å²) in [4.78, 5) is 20.2. The van der Waals surface area contributed by atoms with Gasteiger partial charge in [0.05, 0.1) is 5.70 Å². The summed E-state index contributed by atoms with van der Waals surface area (Å²) in [6, 6.07) is 3.94. The van der Waals surface area contributed by atoms with Gasteiger partial charge in [-0.3, -0.25) is 4.98 Å². The number of allylic oxidation sites excluding steroid dienone is 1. The predicted molar refractivity (Wildman–Crippen MR) is 114 cm³/mol. The Morgan fingerprint density at radius 2 is 2.00 bits per heavy atom. The van der Waals surface area contributed by atoms with Crippen molar-refractivity contribution in [3.05, 3.63) is 54.2 Å². The van der Waals surface area contributed by atoms with Crippen LogP contribution in [-0.4, -0.2) is 53.2 Å². The number of pyridine rings is 1. The van der Waals surface area contributed by atoms with E-state index in [0.29, 0.717) is 5.92 Å². The number of hydrogen-bond donors (Lipinski definition) is 0. The monoisotopic (exact) mass is 383 g/mol. The van der Waals surface area contributed by atoms with Gasteiger partial charge in [-0.25, -0.2) is 4.79 Å². The summed E-state index contributed by atoms with van der Waals surface area (Å²) in [6.45, 7) is 12.0. The molecule has 0 bridgehead atoms. The Morgan fingerprint density at radius 1 is 1.36 bits per heavy atom. The third-order valence-corrected chi connectivity index (χ3v) is 4.87. The average molecular weight is 384 g/mol. The smallest absolute Gasteiger partial charge is 0.410 e. The van der Waals surface area contributed by atoms with Gasteiger partial charge in [-0.05, 0) is 69.7 Å². The summed E-state index contributed by atoms with van der Waals surface area (Å²) in [5.41, 5.74) is 4.67. The van der Waals surface area contributed by atoms with E-state index in [0.717, 1.165) is 50.2 Å². The molecular formula is C23H33N3O2. The van der Waals surface area contributed by atoms with Crippen molar-refractivity contribution in [3.8, 4) is 0 Å². The van der Waals surface area contributed by atoms with Gasteiger partial charge in [-0.15, -0.1) is 5.73 Å². The number of nitrogens with zero attached hydrogens (tertiary/aromatic N) is 3. The molecular weight excluding hydrogens is 350 g/mol. The van der Waals surface area contributed by atoms with Gasteiger partial charge in [-0.1, -0.05) is 12.7 Å². The van der Waals surface area contributed by atoms with Crippen LogP contribution in [0.4, 0.5) is 4.79 Å². The summed E-state index contributed by atoms with van der Waals surface area (Å²) in [7, 11) is 2.07. The van der Waals surface area contributed by atoms with Gasteiger partial charge in [0.2, 0.25) is 0 Å². The van der Waals surface area contributed by atoms with Crippen molar-refractivity contribution in [2.45, 2.75) is 45.6 Å². The summed E-state index contributed by atoms with van der Waals surface area (Å²) >= 11 is 0. The Kier molecular flexibility index (Phi) is 7.89. The molecule has 1 aromatic rings. The van der Waals surface area contributed by atoms with Crippen LogP contribution in [0.1, 0.15) is 45.6 Å². The molecule has 5 nitrogen and oxygen atoms in total. The van der Waals surface area contributed by atoms with E-state index in [-0.39, 0.29) is 6.09 Å². The summed E-state index contributed by atoms with van der Waals surface area (Å²) in [5.74, 6) is 0.622. The molecule has 0 spiro atoms. The van der Waals surface area contributed by atoms with Gasteiger partial charge >= 0.3 is 6.09 Å². The van der Waals surface area contributed by atoms with Gasteiger partial charge in [0.1, 0.15) is 5.60 Å². The molecule has 1 saturated heterocycles. The minimum Gasteiger partial charge on any atom is -0.444 e.